The van der Waals surface area contributed by atoms with Gasteiger partial charge in [-0.2, -0.15) is 0 Å². The number of halogens is 1. The number of nitrogens with zero attached hydrogens (tertiary/aromatic N) is 3. The normalized spacial score (nSPS) is 12.2. The van der Waals surface area contributed by atoms with Gasteiger partial charge in [0.15, 0.2) is 0 Å². The number of fused-ring (bicyclic) bond motifs is 3. The Labute approximate surface area is 134 Å². The zero-order valence-electron chi connectivity index (χ0n) is 11.4. The summed E-state index contributed by atoms with van der Waals surface area (Å²) >= 11 is 3.35. The molecule has 0 aromatic carbocycles. The fraction of sp³-hybridized carbons (Fsp3) is 0.0625. The van der Waals surface area contributed by atoms with Crippen LogP contribution in [-0.2, 0) is 6.61 Å². The average molecular weight is 356 g/mol. The molecular formula is C16H10BrN3O2. The molecule has 4 heterocycles. The molecule has 3 aromatic heterocycles. The van der Waals surface area contributed by atoms with E-state index in [9.17, 15) is 4.79 Å². The first kappa shape index (κ1) is 13.2. The zero-order valence-corrected chi connectivity index (χ0v) is 12.9. The fourth-order valence-corrected chi connectivity index (χ4v) is 2.99. The zero-order chi connectivity index (χ0) is 15.1. The van der Waals surface area contributed by atoms with Crippen molar-refractivity contribution in [3.05, 3.63) is 69.4 Å². The first-order valence-corrected chi connectivity index (χ1v) is 7.48. The summed E-state index contributed by atoms with van der Waals surface area (Å²) in [6.07, 6.45) is 5.04. The van der Waals surface area contributed by atoms with Gasteiger partial charge in [-0.15, -0.1) is 0 Å². The van der Waals surface area contributed by atoms with Crippen molar-refractivity contribution in [3.63, 3.8) is 0 Å². The Morgan fingerprint density at radius 2 is 2.09 bits per heavy atom. The van der Waals surface area contributed by atoms with E-state index in [-0.39, 0.29) is 5.56 Å². The molecule has 1 aliphatic rings. The molecule has 0 atom stereocenters. The first-order chi connectivity index (χ1) is 10.8. The van der Waals surface area contributed by atoms with Crippen LogP contribution in [0.2, 0.25) is 0 Å². The van der Waals surface area contributed by atoms with Gasteiger partial charge >= 0.3 is 0 Å². The Kier molecular flexibility index (Phi) is 3.04. The summed E-state index contributed by atoms with van der Waals surface area (Å²) in [4.78, 5) is 21.0. The molecule has 5 nitrogen and oxygen atoms in total. The van der Waals surface area contributed by atoms with Gasteiger partial charge in [0, 0.05) is 18.0 Å². The average Bonchev–Trinajstić information content (AvgIpc) is 2.57. The summed E-state index contributed by atoms with van der Waals surface area (Å²) in [5.41, 5.74) is 2.95. The summed E-state index contributed by atoms with van der Waals surface area (Å²) in [6.45, 7) is 0.311. The minimum absolute atomic E-state index is 0.144. The van der Waals surface area contributed by atoms with E-state index in [1.54, 1.807) is 35.3 Å². The monoisotopic (exact) mass is 355 g/mol. The highest BCUT2D eigenvalue weighted by molar-refractivity contribution is 9.10. The van der Waals surface area contributed by atoms with Gasteiger partial charge in [-0.05, 0) is 46.3 Å². The molecule has 0 spiro atoms. The van der Waals surface area contributed by atoms with Gasteiger partial charge in [0.25, 0.3) is 5.56 Å². The maximum atomic E-state index is 12.6. The molecule has 0 N–H and O–H groups in total. The van der Waals surface area contributed by atoms with Crippen LogP contribution in [0.4, 0.5) is 0 Å². The van der Waals surface area contributed by atoms with Gasteiger partial charge in [-0.3, -0.25) is 19.3 Å². The molecule has 1 aliphatic heterocycles. The minimum Gasteiger partial charge on any atom is -0.485 e. The molecule has 0 saturated heterocycles. The lowest BCUT2D eigenvalue weighted by Gasteiger charge is -2.23. The van der Waals surface area contributed by atoms with Crippen LogP contribution in [0.3, 0.4) is 0 Å². The molecule has 6 heteroatoms. The quantitative estimate of drug-likeness (QED) is 0.673. The minimum atomic E-state index is -0.144. The summed E-state index contributed by atoms with van der Waals surface area (Å²) in [5, 5.41) is 0. The van der Waals surface area contributed by atoms with Crippen LogP contribution in [-0.4, -0.2) is 14.5 Å². The molecule has 0 fully saturated rings. The van der Waals surface area contributed by atoms with Gasteiger partial charge < -0.3 is 4.74 Å². The van der Waals surface area contributed by atoms with Crippen LogP contribution in [0.5, 0.6) is 5.75 Å². The van der Waals surface area contributed by atoms with Crippen molar-refractivity contribution in [2.24, 2.45) is 0 Å². The van der Waals surface area contributed by atoms with Crippen LogP contribution in [0.15, 0.2) is 58.2 Å². The Morgan fingerprint density at radius 3 is 2.91 bits per heavy atom. The van der Waals surface area contributed by atoms with Gasteiger partial charge in [0.05, 0.1) is 22.1 Å². The standard InChI is InChI=1S/C16H10BrN3O2/c17-12-7-11-13(9-22-14-4-2-6-19-15(11)14)20(16(12)21)10-3-1-5-18-8-10/h1-8H,9H2. The van der Waals surface area contributed by atoms with Crippen molar-refractivity contribution < 1.29 is 4.74 Å². The molecule has 22 heavy (non-hydrogen) atoms. The van der Waals surface area contributed by atoms with Crippen LogP contribution in [0.1, 0.15) is 5.69 Å². The number of ether oxygens (including phenoxy) is 1. The van der Waals surface area contributed by atoms with Crippen LogP contribution < -0.4 is 10.3 Å². The molecule has 0 bridgehead atoms. The second kappa shape index (κ2) is 5.06. The van der Waals surface area contributed by atoms with Crippen molar-refractivity contribution in [2.75, 3.05) is 0 Å². The largest absolute Gasteiger partial charge is 0.485 e. The lowest BCUT2D eigenvalue weighted by Crippen LogP contribution is -2.26. The van der Waals surface area contributed by atoms with Crippen molar-refractivity contribution in [3.8, 4) is 22.7 Å². The van der Waals surface area contributed by atoms with Crippen molar-refractivity contribution >= 4 is 15.9 Å². The highest BCUT2D eigenvalue weighted by atomic mass is 79.9. The van der Waals surface area contributed by atoms with Gasteiger partial charge in [0.1, 0.15) is 18.1 Å². The second-order valence-electron chi connectivity index (χ2n) is 4.84. The van der Waals surface area contributed by atoms with E-state index < -0.39 is 0 Å². The van der Waals surface area contributed by atoms with Crippen molar-refractivity contribution in [1.29, 1.82) is 0 Å². The van der Waals surface area contributed by atoms with E-state index in [2.05, 4.69) is 25.9 Å². The van der Waals surface area contributed by atoms with Crippen LogP contribution in [0, 0.1) is 0 Å². The van der Waals surface area contributed by atoms with E-state index in [1.807, 2.05) is 18.2 Å². The third kappa shape index (κ3) is 1.95. The van der Waals surface area contributed by atoms with E-state index in [1.165, 1.54) is 0 Å². The summed E-state index contributed by atoms with van der Waals surface area (Å²) in [7, 11) is 0. The van der Waals surface area contributed by atoms with E-state index in [4.69, 9.17) is 4.74 Å². The lowest BCUT2D eigenvalue weighted by molar-refractivity contribution is 0.292. The maximum absolute atomic E-state index is 12.6. The van der Waals surface area contributed by atoms with Crippen LogP contribution >= 0.6 is 15.9 Å². The molecule has 0 radical (unpaired) electrons. The predicted octanol–water partition coefficient (Wildman–Crippen LogP) is 2.95. The topological polar surface area (TPSA) is 57.0 Å². The number of hydrogen-bond acceptors (Lipinski definition) is 4. The molecule has 0 amide bonds. The van der Waals surface area contributed by atoms with E-state index >= 15 is 0 Å². The Balaban J connectivity index is 2.07. The number of pyridine rings is 3. The highest BCUT2D eigenvalue weighted by Gasteiger charge is 2.24. The molecule has 0 aliphatic carbocycles. The smallest absolute Gasteiger partial charge is 0.269 e. The Bertz CT molecular complexity index is 922. The van der Waals surface area contributed by atoms with E-state index in [0.717, 1.165) is 22.7 Å². The molecule has 3 aromatic rings. The maximum Gasteiger partial charge on any atom is 0.269 e. The molecular weight excluding hydrogens is 346 g/mol. The molecule has 0 saturated carbocycles. The van der Waals surface area contributed by atoms with Gasteiger partial charge in [-0.1, -0.05) is 0 Å². The Hall–Kier alpha value is -2.47. The number of aromatic nitrogens is 3. The molecule has 108 valence electrons. The number of rotatable bonds is 1. The fourth-order valence-electron chi connectivity index (χ4n) is 2.58. The van der Waals surface area contributed by atoms with Crippen LogP contribution in [0.25, 0.3) is 16.9 Å². The SMILES string of the molecule is O=c1c(Br)cc2c(n1-c1cccnc1)COc1cccnc1-2. The molecule has 0 unspecified atom stereocenters. The van der Waals surface area contributed by atoms with Crippen molar-refractivity contribution in [2.45, 2.75) is 6.61 Å². The van der Waals surface area contributed by atoms with Gasteiger partial charge in [0.2, 0.25) is 0 Å². The summed E-state index contributed by atoms with van der Waals surface area (Å²) < 4.78 is 7.84. The third-order valence-corrected chi connectivity index (χ3v) is 4.12. The third-order valence-electron chi connectivity index (χ3n) is 3.55. The lowest BCUT2D eigenvalue weighted by atomic mass is 10.1. The highest BCUT2D eigenvalue weighted by Crippen LogP contribution is 2.36. The molecule has 4 rings (SSSR count). The summed E-state index contributed by atoms with van der Waals surface area (Å²) in [5.74, 6) is 0.721. The van der Waals surface area contributed by atoms with Gasteiger partial charge in [-0.25, -0.2) is 0 Å². The van der Waals surface area contributed by atoms with Crippen molar-refractivity contribution in [1.82, 2.24) is 14.5 Å². The predicted molar refractivity (Wildman–Crippen MR) is 85.1 cm³/mol. The summed E-state index contributed by atoms with van der Waals surface area (Å²) in [6, 6.07) is 9.15. The number of hydrogen-bond donors (Lipinski definition) is 0. The first-order valence-electron chi connectivity index (χ1n) is 6.69. The van der Waals surface area contributed by atoms with E-state index in [0.29, 0.717) is 16.8 Å². The Morgan fingerprint density at radius 1 is 1.23 bits per heavy atom. The second-order valence-corrected chi connectivity index (χ2v) is 5.70.